The van der Waals surface area contributed by atoms with Crippen LogP contribution in [0.3, 0.4) is 0 Å². The van der Waals surface area contributed by atoms with E-state index < -0.39 is 6.61 Å². The molecule has 0 fully saturated rings. The van der Waals surface area contributed by atoms with Gasteiger partial charge < -0.3 is 9.47 Å². The number of nitriles is 1. The predicted molar refractivity (Wildman–Crippen MR) is 84.6 cm³/mol. The molecule has 1 aromatic carbocycles. The van der Waals surface area contributed by atoms with Crippen molar-refractivity contribution < 1.29 is 18.3 Å². The lowest BCUT2D eigenvalue weighted by atomic mass is 10.1. The molecule has 0 atom stereocenters. The van der Waals surface area contributed by atoms with Crippen LogP contribution in [0.25, 0.3) is 11.6 Å². The topological polar surface area (TPSA) is 55.1 Å². The van der Waals surface area contributed by atoms with Crippen LogP contribution in [-0.4, -0.2) is 18.2 Å². The molecule has 2 rings (SSSR count). The van der Waals surface area contributed by atoms with Crippen molar-refractivity contribution >= 4 is 23.0 Å². The maximum Gasteiger partial charge on any atom is 0.387 e. The van der Waals surface area contributed by atoms with E-state index >= 15 is 0 Å². The van der Waals surface area contributed by atoms with Gasteiger partial charge in [-0.3, -0.25) is 0 Å². The summed E-state index contributed by atoms with van der Waals surface area (Å²) in [5.74, 6) is 0.111. The van der Waals surface area contributed by atoms with E-state index in [1.807, 2.05) is 18.4 Å². The molecule has 0 amide bonds. The van der Waals surface area contributed by atoms with Crippen LogP contribution in [0, 0.1) is 18.3 Å². The molecule has 0 bridgehead atoms. The molecular formula is C16H14F2N2O2S. The van der Waals surface area contributed by atoms with Gasteiger partial charge in [-0.05, 0) is 26.0 Å². The van der Waals surface area contributed by atoms with Crippen molar-refractivity contribution in [2.45, 2.75) is 20.5 Å². The molecular weight excluding hydrogens is 322 g/mol. The van der Waals surface area contributed by atoms with Gasteiger partial charge in [0.1, 0.15) is 11.1 Å². The van der Waals surface area contributed by atoms with Crippen molar-refractivity contribution in [1.82, 2.24) is 4.98 Å². The maximum absolute atomic E-state index is 12.7. The fourth-order valence-electron chi connectivity index (χ4n) is 1.91. The Morgan fingerprint density at radius 3 is 2.83 bits per heavy atom. The Hall–Kier alpha value is -2.46. The lowest BCUT2D eigenvalue weighted by Crippen LogP contribution is -2.06. The van der Waals surface area contributed by atoms with Crippen molar-refractivity contribution in [1.29, 1.82) is 5.26 Å². The normalized spacial score (nSPS) is 11.4. The van der Waals surface area contributed by atoms with Crippen molar-refractivity contribution in [3.05, 3.63) is 39.8 Å². The lowest BCUT2D eigenvalue weighted by Gasteiger charge is -2.13. The van der Waals surface area contributed by atoms with Gasteiger partial charge >= 0.3 is 6.61 Å². The van der Waals surface area contributed by atoms with Gasteiger partial charge in [-0.15, -0.1) is 11.3 Å². The zero-order valence-electron chi connectivity index (χ0n) is 12.5. The quantitative estimate of drug-likeness (QED) is 0.728. The first-order valence-electron chi connectivity index (χ1n) is 6.80. The summed E-state index contributed by atoms with van der Waals surface area (Å²) in [6, 6.07) is 6.81. The average molecular weight is 336 g/mol. The molecule has 0 saturated carbocycles. The van der Waals surface area contributed by atoms with Gasteiger partial charge in [0.05, 0.1) is 12.2 Å². The summed E-state index contributed by atoms with van der Waals surface area (Å²) >= 11 is 1.31. The molecule has 4 nitrogen and oxygen atoms in total. The fraction of sp³-hybridized carbons (Fsp3) is 0.250. The van der Waals surface area contributed by atoms with Gasteiger partial charge in [-0.1, -0.05) is 12.1 Å². The van der Waals surface area contributed by atoms with E-state index in [1.54, 1.807) is 19.1 Å². The molecule has 0 spiro atoms. The summed E-state index contributed by atoms with van der Waals surface area (Å²) in [5, 5.41) is 11.7. The number of benzene rings is 1. The minimum Gasteiger partial charge on any atom is -0.490 e. The molecule has 0 N–H and O–H groups in total. The van der Waals surface area contributed by atoms with Crippen LogP contribution >= 0.6 is 11.3 Å². The summed E-state index contributed by atoms with van der Waals surface area (Å²) in [6.45, 7) is 0.879. The van der Waals surface area contributed by atoms with Gasteiger partial charge in [0.2, 0.25) is 0 Å². The molecule has 2 aromatic rings. The number of ether oxygens (including phenoxy) is 2. The summed E-state index contributed by atoms with van der Waals surface area (Å²) in [6.07, 6.45) is 1.47. The lowest BCUT2D eigenvalue weighted by molar-refractivity contribution is -0.0515. The number of allylic oxidation sites excluding steroid dienone is 1. The minimum absolute atomic E-state index is 0.0922. The van der Waals surface area contributed by atoms with E-state index in [0.717, 1.165) is 5.69 Å². The number of hydrogen-bond donors (Lipinski definition) is 0. The molecule has 23 heavy (non-hydrogen) atoms. The van der Waals surface area contributed by atoms with Gasteiger partial charge in [0.15, 0.2) is 11.5 Å². The molecule has 0 aliphatic carbocycles. The fourth-order valence-corrected chi connectivity index (χ4v) is 2.67. The second-order valence-electron chi connectivity index (χ2n) is 4.45. The molecule has 0 aliphatic heterocycles. The Kier molecular flexibility index (Phi) is 5.66. The van der Waals surface area contributed by atoms with Crippen molar-refractivity contribution in [3.63, 3.8) is 0 Å². The number of para-hydroxylation sites is 1. The first kappa shape index (κ1) is 16.9. The molecule has 1 heterocycles. The number of alkyl halides is 2. The second-order valence-corrected chi connectivity index (χ2v) is 5.31. The Labute approximate surface area is 136 Å². The van der Waals surface area contributed by atoms with Crippen LogP contribution in [0.4, 0.5) is 8.78 Å². The summed E-state index contributed by atoms with van der Waals surface area (Å²) < 4.78 is 35.3. The summed E-state index contributed by atoms with van der Waals surface area (Å²) in [5.41, 5.74) is 1.40. The van der Waals surface area contributed by atoms with Gasteiger partial charge in [0, 0.05) is 16.6 Å². The van der Waals surface area contributed by atoms with Crippen molar-refractivity contribution in [3.8, 4) is 17.6 Å². The van der Waals surface area contributed by atoms with Gasteiger partial charge in [-0.2, -0.15) is 14.0 Å². The first-order chi connectivity index (χ1) is 11.0. The molecule has 0 radical (unpaired) electrons. The molecule has 7 heteroatoms. The second kappa shape index (κ2) is 7.70. The molecule has 0 saturated heterocycles. The zero-order valence-corrected chi connectivity index (χ0v) is 13.4. The maximum atomic E-state index is 12.7. The van der Waals surface area contributed by atoms with E-state index in [1.165, 1.54) is 23.5 Å². The van der Waals surface area contributed by atoms with Crippen LogP contribution in [-0.2, 0) is 0 Å². The molecule has 0 unspecified atom stereocenters. The summed E-state index contributed by atoms with van der Waals surface area (Å²) in [4.78, 5) is 4.23. The highest BCUT2D eigenvalue weighted by Gasteiger charge is 2.16. The van der Waals surface area contributed by atoms with E-state index in [9.17, 15) is 14.0 Å². The average Bonchev–Trinajstić information content (AvgIpc) is 2.93. The van der Waals surface area contributed by atoms with Crippen LogP contribution in [0.15, 0.2) is 23.6 Å². The Balaban J connectivity index is 2.50. The van der Waals surface area contributed by atoms with Gasteiger partial charge in [-0.25, -0.2) is 4.98 Å². The number of nitrogens with zero attached hydrogens (tertiary/aromatic N) is 2. The molecule has 1 aromatic heterocycles. The van der Waals surface area contributed by atoms with Crippen LogP contribution < -0.4 is 9.47 Å². The van der Waals surface area contributed by atoms with E-state index in [4.69, 9.17) is 4.74 Å². The first-order valence-corrected chi connectivity index (χ1v) is 7.68. The Morgan fingerprint density at radius 1 is 1.48 bits per heavy atom. The highest BCUT2D eigenvalue weighted by molar-refractivity contribution is 7.11. The Bertz CT molecular complexity index is 751. The predicted octanol–water partition coefficient (Wildman–Crippen LogP) is 4.52. The number of rotatable bonds is 6. The number of aryl methyl sites for hydroxylation is 1. The highest BCUT2D eigenvalue weighted by Crippen LogP contribution is 2.35. The molecule has 120 valence electrons. The summed E-state index contributed by atoms with van der Waals surface area (Å²) in [7, 11) is 0. The minimum atomic E-state index is -2.99. The van der Waals surface area contributed by atoms with Crippen molar-refractivity contribution in [2.75, 3.05) is 6.61 Å². The highest BCUT2D eigenvalue weighted by atomic mass is 32.1. The number of thiazole rings is 1. The molecule has 0 aliphatic rings. The monoisotopic (exact) mass is 336 g/mol. The SMILES string of the molecule is CCOc1cccc(/C=C(/C#N)c2nc(C)cs2)c1OC(F)F. The number of halogens is 2. The van der Waals surface area contributed by atoms with Gasteiger partial charge in [0.25, 0.3) is 0 Å². The van der Waals surface area contributed by atoms with E-state index in [2.05, 4.69) is 9.72 Å². The standard InChI is InChI=1S/C16H14F2N2O2S/c1-3-21-13-6-4-5-11(14(13)22-16(17)18)7-12(8-19)15-20-10(2)9-23-15/h4-7,9,16H,3H2,1-2H3/b12-7-. The number of hydrogen-bond acceptors (Lipinski definition) is 5. The van der Waals surface area contributed by atoms with Crippen LogP contribution in [0.5, 0.6) is 11.5 Å². The van der Waals surface area contributed by atoms with E-state index in [-0.39, 0.29) is 17.1 Å². The third-order valence-electron chi connectivity index (χ3n) is 2.79. The third-order valence-corrected chi connectivity index (χ3v) is 3.78. The largest absolute Gasteiger partial charge is 0.490 e. The van der Waals surface area contributed by atoms with Crippen LogP contribution in [0.2, 0.25) is 0 Å². The number of aromatic nitrogens is 1. The third kappa shape index (κ3) is 4.27. The Morgan fingerprint density at radius 2 is 2.26 bits per heavy atom. The van der Waals surface area contributed by atoms with Crippen molar-refractivity contribution in [2.24, 2.45) is 0 Å². The smallest absolute Gasteiger partial charge is 0.387 e. The van der Waals surface area contributed by atoms with Crippen LogP contribution in [0.1, 0.15) is 23.2 Å². The zero-order chi connectivity index (χ0) is 16.8. The van der Waals surface area contributed by atoms with E-state index in [0.29, 0.717) is 17.2 Å².